The fourth-order valence-corrected chi connectivity index (χ4v) is 2.11. The molecule has 2 heteroatoms. The first-order valence-corrected chi connectivity index (χ1v) is 6.36. The van der Waals surface area contributed by atoms with Gasteiger partial charge >= 0.3 is 0 Å². The molecule has 1 unspecified atom stereocenters. The fourth-order valence-electron chi connectivity index (χ4n) is 2.11. The molecule has 0 amide bonds. The Morgan fingerprint density at radius 3 is 2.38 bits per heavy atom. The van der Waals surface area contributed by atoms with Crippen LogP contribution in [0.15, 0.2) is 24.3 Å². The number of piperidine rings is 1. The number of hydrogen-bond donors (Lipinski definition) is 1. The van der Waals surface area contributed by atoms with Gasteiger partial charge in [0.1, 0.15) is 0 Å². The van der Waals surface area contributed by atoms with Crippen molar-refractivity contribution in [1.29, 1.82) is 0 Å². The van der Waals surface area contributed by atoms with Crippen molar-refractivity contribution < 1.29 is 0 Å². The molecular weight excluding hydrogens is 196 g/mol. The van der Waals surface area contributed by atoms with Crippen LogP contribution in [0.1, 0.15) is 33.6 Å². The van der Waals surface area contributed by atoms with Crippen molar-refractivity contribution in [3.63, 3.8) is 0 Å². The van der Waals surface area contributed by atoms with E-state index in [2.05, 4.69) is 24.0 Å². The van der Waals surface area contributed by atoms with Crippen molar-refractivity contribution in [3.05, 3.63) is 24.3 Å². The molecule has 90 valence electrons. The molecule has 1 aliphatic rings. The Kier molecular flexibility index (Phi) is 5.17. The Hall–Kier alpha value is -1.18. The first-order valence-electron chi connectivity index (χ1n) is 6.36. The number of nitrogens with zero attached hydrogens (tertiary/aromatic N) is 1. The Morgan fingerprint density at radius 1 is 1.19 bits per heavy atom. The third kappa shape index (κ3) is 3.44. The van der Waals surface area contributed by atoms with Crippen LogP contribution >= 0.6 is 0 Å². The fraction of sp³-hybridized carbons (Fsp3) is 0.571. The van der Waals surface area contributed by atoms with Crippen LogP contribution in [-0.4, -0.2) is 13.1 Å². The van der Waals surface area contributed by atoms with Crippen molar-refractivity contribution >= 4 is 11.4 Å². The normalized spacial score (nSPS) is 19.9. The molecule has 2 N–H and O–H groups in total. The maximum absolute atomic E-state index is 5.66. The van der Waals surface area contributed by atoms with Gasteiger partial charge in [-0.1, -0.05) is 20.8 Å². The minimum Gasteiger partial charge on any atom is -0.399 e. The second-order valence-electron chi connectivity index (χ2n) is 4.28. The highest BCUT2D eigenvalue weighted by molar-refractivity contribution is 5.53. The van der Waals surface area contributed by atoms with Crippen molar-refractivity contribution in [3.8, 4) is 0 Å². The van der Waals surface area contributed by atoms with E-state index in [0.717, 1.165) is 11.6 Å². The molecule has 0 radical (unpaired) electrons. The van der Waals surface area contributed by atoms with E-state index >= 15 is 0 Å². The average molecular weight is 220 g/mol. The molecule has 0 aromatic heterocycles. The number of nitrogens with two attached hydrogens (primary N) is 1. The zero-order valence-electron chi connectivity index (χ0n) is 10.7. The molecule has 2 rings (SSSR count). The van der Waals surface area contributed by atoms with Crippen LogP contribution in [0.3, 0.4) is 0 Å². The van der Waals surface area contributed by atoms with Crippen LogP contribution in [0, 0.1) is 5.92 Å². The topological polar surface area (TPSA) is 29.3 Å². The Labute approximate surface area is 99.5 Å². The molecule has 1 fully saturated rings. The first kappa shape index (κ1) is 12.9. The molecule has 1 aromatic rings. The zero-order valence-corrected chi connectivity index (χ0v) is 10.7. The Bertz CT molecular complexity index is 292. The summed E-state index contributed by atoms with van der Waals surface area (Å²) in [5, 5.41) is 0. The molecule has 0 bridgehead atoms. The quantitative estimate of drug-likeness (QED) is 0.734. The summed E-state index contributed by atoms with van der Waals surface area (Å²) in [4.78, 5) is 2.45. The van der Waals surface area contributed by atoms with E-state index in [1.54, 1.807) is 0 Å². The summed E-state index contributed by atoms with van der Waals surface area (Å²) < 4.78 is 0. The van der Waals surface area contributed by atoms with Crippen molar-refractivity contribution in [2.75, 3.05) is 23.7 Å². The average Bonchev–Trinajstić information content (AvgIpc) is 2.32. The summed E-state index contributed by atoms with van der Waals surface area (Å²) >= 11 is 0. The molecule has 0 spiro atoms. The maximum Gasteiger partial charge on any atom is 0.0367 e. The van der Waals surface area contributed by atoms with Gasteiger partial charge in [-0.25, -0.2) is 0 Å². The van der Waals surface area contributed by atoms with Crippen LogP contribution in [0.25, 0.3) is 0 Å². The van der Waals surface area contributed by atoms with Crippen LogP contribution in [0.4, 0.5) is 11.4 Å². The zero-order chi connectivity index (χ0) is 12.0. The molecular formula is C14H24N2. The highest BCUT2D eigenvalue weighted by atomic mass is 15.1. The standard InChI is InChI=1S/C12H18N2.C2H6/c1-10-3-2-8-14(9-10)12-6-4-11(13)5-7-12;1-2/h4-7,10H,2-3,8-9,13H2,1H3;1-2H3. The molecule has 1 heterocycles. The van der Waals surface area contributed by atoms with Gasteiger partial charge in [0.05, 0.1) is 0 Å². The van der Waals surface area contributed by atoms with E-state index in [1.165, 1.54) is 31.6 Å². The summed E-state index contributed by atoms with van der Waals surface area (Å²) in [6.45, 7) is 8.70. The van der Waals surface area contributed by atoms with E-state index in [0.29, 0.717) is 0 Å². The Morgan fingerprint density at radius 2 is 1.81 bits per heavy atom. The summed E-state index contributed by atoms with van der Waals surface area (Å²) in [6.07, 6.45) is 2.68. The van der Waals surface area contributed by atoms with Crippen LogP contribution in [-0.2, 0) is 0 Å². The third-order valence-electron chi connectivity index (χ3n) is 2.92. The third-order valence-corrected chi connectivity index (χ3v) is 2.92. The molecule has 1 saturated heterocycles. The van der Waals surface area contributed by atoms with Gasteiger partial charge < -0.3 is 10.6 Å². The molecule has 1 aliphatic heterocycles. The lowest BCUT2D eigenvalue weighted by molar-refractivity contribution is 0.447. The lowest BCUT2D eigenvalue weighted by Crippen LogP contribution is -2.34. The lowest BCUT2D eigenvalue weighted by atomic mass is 10.00. The van der Waals surface area contributed by atoms with Crippen molar-refractivity contribution in [2.24, 2.45) is 5.92 Å². The number of anilines is 2. The van der Waals surface area contributed by atoms with Gasteiger partial charge in [0.2, 0.25) is 0 Å². The van der Waals surface area contributed by atoms with Gasteiger partial charge in [0.15, 0.2) is 0 Å². The monoisotopic (exact) mass is 220 g/mol. The van der Waals surface area contributed by atoms with E-state index in [9.17, 15) is 0 Å². The molecule has 2 nitrogen and oxygen atoms in total. The minimum atomic E-state index is 0.821. The predicted molar refractivity (Wildman–Crippen MR) is 72.8 cm³/mol. The van der Waals surface area contributed by atoms with Gasteiger partial charge in [-0.3, -0.25) is 0 Å². The summed E-state index contributed by atoms with van der Waals surface area (Å²) in [5.41, 5.74) is 7.82. The van der Waals surface area contributed by atoms with E-state index in [-0.39, 0.29) is 0 Å². The largest absolute Gasteiger partial charge is 0.399 e. The van der Waals surface area contributed by atoms with Gasteiger partial charge in [-0.15, -0.1) is 0 Å². The summed E-state index contributed by atoms with van der Waals surface area (Å²) in [5.74, 6) is 0.821. The lowest BCUT2D eigenvalue weighted by Gasteiger charge is -2.32. The van der Waals surface area contributed by atoms with E-state index < -0.39 is 0 Å². The SMILES string of the molecule is CC.CC1CCCN(c2ccc(N)cc2)C1. The number of benzene rings is 1. The van der Waals surface area contributed by atoms with Gasteiger partial charge in [0.25, 0.3) is 0 Å². The summed E-state index contributed by atoms with van der Waals surface area (Å²) in [7, 11) is 0. The second kappa shape index (κ2) is 6.41. The summed E-state index contributed by atoms with van der Waals surface area (Å²) in [6, 6.07) is 8.20. The smallest absolute Gasteiger partial charge is 0.0367 e. The highest BCUT2D eigenvalue weighted by Gasteiger charge is 2.15. The molecule has 0 saturated carbocycles. The molecule has 0 aliphatic carbocycles. The van der Waals surface area contributed by atoms with Gasteiger partial charge in [-0.2, -0.15) is 0 Å². The minimum absolute atomic E-state index is 0.821. The van der Waals surface area contributed by atoms with Crippen LogP contribution < -0.4 is 10.6 Å². The molecule has 1 atom stereocenters. The van der Waals surface area contributed by atoms with Crippen LogP contribution in [0.5, 0.6) is 0 Å². The van der Waals surface area contributed by atoms with Crippen molar-refractivity contribution in [2.45, 2.75) is 33.6 Å². The van der Waals surface area contributed by atoms with E-state index in [4.69, 9.17) is 5.73 Å². The Balaban J connectivity index is 0.000000606. The van der Waals surface area contributed by atoms with E-state index in [1.807, 2.05) is 26.0 Å². The van der Waals surface area contributed by atoms with Crippen LogP contribution in [0.2, 0.25) is 0 Å². The van der Waals surface area contributed by atoms with Crippen molar-refractivity contribution in [1.82, 2.24) is 0 Å². The predicted octanol–water partition coefficient (Wildman–Crippen LogP) is 3.53. The van der Waals surface area contributed by atoms with Gasteiger partial charge in [0, 0.05) is 24.5 Å². The maximum atomic E-state index is 5.66. The molecule has 16 heavy (non-hydrogen) atoms. The van der Waals surface area contributed by atoms with Gasteiger partial charge in [-0.05, 0) is 43.0 Å². The first-order chi connectivity index (χ1) is 7.75. The second-order valence-corrected chi connectivity index (χ2v) is 4.28. The number of rotatable bonds is 1. The molecule has 1 aromatic carbocycles. The number of hydrogen-bond acceptors (Lipinski definition) is 2. The number of nitrogen functional groups attached to an aromatic ring is 1. The highest BCUT2D eigenvalue weighted by Crippen LogP contribution is 2.23.